The molecule has 102 valence electrons. The van der Waals surface area contributed by atoms with Crippen molar-refractivity contribution in [2.75, 3.05) is 23.7 Å². The molecule has 19 heavy (non-hydrogen) atoms. The van der Waals surface area contributed by atoms with Gasteiger partial charge in [0.25, 0.3) is 0 Å². The molecule has 0 aliphatic carbocycles. The Morgan fingerprint density at radius 1 is 1.32 bits per heavy atom. The van der Waals surface area contributed by atoms with Crippen LogP contribution in [0.25, 0.3) is 10.2 Å². The van der Waals surface area contributed by atoms with Crippen molar-refractivity contribution in [3.05, 3.63) is 17.1 Å². The third kappa shape index (κ3) is 2.29. The molecule has 1 aromatic heterocycles. The van der Waals surface area contributed by atoms with E-state index in [1.54, 1.807) is 11.3 Å². The van der Waals surface area contributed by atoms with Crippen LogP contribution in [0.3, 0.4) is 0 Å². The van der Waals surface area contributed by atoms with Crippen LogP contribution in [0.15, 0.2) is 12.1 Å². The predicted molar refractivity (Wildman–Crippen MR) is 83.9 cm³/mol. The van der Waals surface area contributed by atoms with E-state index < -0.39 is 0 Å². The first-order valence-corrected chi connectivity index (χ1v) is 7.78. The molecule has 2 unspecified atom stereocenters. The van der Waals surface area contributed by atoms with Crippen LogP contribution < -0.4 is 10.6 Å². The normalized spacial score (nSPS) is 24.1. The monoisotopic (exact) mass is 275 g/mol. The number of aromatic nitrogens is 1. The molecular weight excluding hydrogens is 254 g/mol. The summed E-state index contributed by atoms with van der Waals surface area (Å²) in [6, 6.07) is 4.24. The van der Waals surface area contributed by atoms with Crippen molar-refractivity contribution in [3.63, 3.8) is 0 Å². The lowest BCUT2D eigenvalue weighted by atomic mass is 9.88. The average Bonchev–Trinajstić information content (AvgIpc) is 2.71. The summed E-state index contributed by atoms with van der Waals surface area (Å²) in [5.41, 5.74) is 9.38. The van der Waals surface area contributed by atoms with Gasteiger partial charge in [0.05, 0.1) is 26.6 Å². The highest BCUT2D eigenvalue weighted by Gasteiger charge is 2.24. The lowest BCUT2D eigenvalue weighted by Crippen LogP contribution is -2.38. The molecule has 0 bridgehead atoms. The van der Waals surface area contributed by atoms with Gasteiger partial charge in [-0.25, -0.2) is 4.98 Å². The first kappa shape index (κ1) is 12.7. The summed E-state index contributed by atoms with van der Waals surface area (Å²) in [4.78, 5) is 7.00. The predicted octanol–water partition coefficient (Wildman–Crippen LogP) is 3.67. The van der Waals surface area contributed by atoms with Crippen molar-refractivity contribution in [3.8, 4) is 0 Å². The number of nitrogens with two attached hydrogens (primary N) is 1. The highest BCUT2D eigenvalue weighted by molar-refractivity contribution is 7.18. The van der Waals surface area contributed by atoms with Crippen LogP contribution >= 0.6 is 11.3 Å². The molecule has 1 aromatic carbocycles. The van der Waals surface area contributed by atoms with Gasteiger partial charge in [0, 0.05) is 13.1 Å². The number of piperidine rings is 1. The highest BCUT2D eigenvalue weighted by atomic mass is 32.1. The molecule has 0 spiro atoms. The van der Waals surface area contributed by atoms with E-state index in [1.807, 2.05) is 6.92 Å². The molecule has 2 heterocycles. The minimum atomic E-state index is 0.723. The number of hydrogen-bond donors (Lipinski definition) is 1. The van der Waals surface area contributed by atoms with E-state index in [2.05, 4.69) is 35.9 Å². The summed E-state index contributed by atoms with van der Waals surface area (Å²) in [7, 11) is 0. The minimum absolute atomic E-state index is 0.723. The quantitative estimate of drug-likeness (QED) is 0.807. The van der Waals surface area contributed by atoms with E-state index in [1.165, 1.54) is 11.1 Å². The molecule has 0 radical (unpaired) electrons. The molecule has 2 aromatic rings. The van der Waals surface area contributed by atoms with Gasteiger partial charge in [-0.3, -0.25) is 0 Å². The van der Waals surface area contributed by atoms with Crippen LogP contribution in [0.5, 0.6) is 0 Å². The third-order valence-electron chi connectivity index (χ3n) is 4.32. The molecule has 1 aliphatic heterocycles. The molecule has 2 N–H and O–H groups in total. The molecule has 0 saturated carbocycles. The van der Waals surface area contributed by atoms with Crippen molar-refractivity contribution < 1.29 is 0 Å². The highest BCUT2D eigenvalue weighted by Crippen LogP contribution is 2.35. The van der Waals surface area contributed by atoms with Crippen LogP contribution in [-0.4, -0.2) is 18.1 Å². The van der Waals surface area contributed by atoms with Crippen LogP contribution in [0.1, 0.15) is 25.3 Å². The van der Waals surface area contributed by atoms with E-state index in [9.17, 15) is 0 Å². The van der Waals surface area contributed by atoms with Gasteiger partial charge in [-0.2, -0.15) is 0 Å². The Morgan fingerprint density at radius 3 is 2.84 bits per heavy atom. The SMILES string of the molecule is Cc1nc2cc(N3CCC(C)C(C)C3)c(N)cc2s1. The second kappa shape index (κ2) is 4.67. The zero-order chi connectivity index (χ0) is 13.6. The Morgan fingerprint density at radius 2 is 2.11 bits per heavy atom. The van der Waals surface area contributed by atoms with E-state index in [0.717, 1.165) is 46.8 Å². The second-order valence-corrected chi connectivity index (χ2v) is 7.04. The van der Waals surface area contributed by atoms with Gasteiger partial charge >= 0.3 is 0 Å². The Hall–Kier alpha value is -1.29. The standard InChI is InChI=1S/C15H21N3S/c1-9-4-5-18(8-10(9)2)14-7-13-15(6-12(14)16)19-11(3)17-13/h6-7,9-10H,4-5,8,16H2,1-3H3. The number of anilines is 2. The lowest BCUT2D eigenvalue weighted by Gasteiger charge is -2.37. The van der Waals surface area contributed by atoms with E-state index in [-0.39, 0.29) is 0 Å². The molecule has 4 heteroatoms. The largest absolute Gasteiger partial charge is 0.397 e. The molecule has 3 nitrogen and oxygen atoms in total. The summed E-state index contributed by atoms with van der Waals surface area (Å²) in [5, 5.41) is 1.10. The van der Waals surface area contributed by atoms with E-state index >= 15 is 0 Å². The van der Waals surface area contributed by atoms with Crippen molar-refractivity contribution in [2.24, 2.45) is 11.8 Å². The number of benzene rings is 1. The lowest BCUT2D eigenvalue weighted by molar-refractivity contribution is 0.324. The van der Waals surface area contributed by atoms with E-state index in [0.29, 0.717) is 0 Å². The number of nitrogens with zero attached hydrogens (tertiary/aromatic N) is 2. The number of aryl methyl sites for hydroxylation is 1. The maximum Gasteiger partial charge on any atom is 0.0907 e. The Labute approximate surface area is 118 Å². The smallest absolute Gasteiger partial charge is 0.0907 e. The van der Waals surface area contributed by atoms with Crippen molar-refractivity contribution in [1.82, 2.24) is 4.98 Å². The Balaban J connectivity index is 1.97. The summed E-state index contributed by atoms with van der Waals surface area (Å²) < 4.78 is 1.19. The van der Waals surface area contributed by atoms with Crippen LogP contribution in [0.2, 0.25) is 0 Å². The topological polar surface area (TPSA) is 42.2 Å². The summed E-state index contributed by atoms with van der Waals surface area (Å²) in [6.45, 7) is 8.92. The van der Waals surface area contributed by atoms with Gasteiger partial charge < -0.3 is 10.6 Å². The van der Waals surface area contributed by atoms with Crippen molar-refractivity contribution in [2.45, 2.75) is 27.2 Å². The molecule has 2 atom stereocenters. The van der Waals surface area contributed by atoms with Crippen LogP contribution in [0, 0.1) is 18.8 Å². The first-order chi connectivity index (χ1) is 9.04. The fraction of sp³-hybridized carbons (Fsp3) is 0.533. The van der Waals surface area contributed by atoms with Crippen LogP contribution in [0.4, 0.5) is 11.4 Å². The molecule has 1 saturated heterocycles. The maximum atomic E-state index is 6.24. The van der Waals surface area contributed by atoms with Gasteiger partial charge in [0.1, 0.15) is 0 Å². The second-order valence-electron chi connectivity index (χ2n) is 5.80. The zero-order valence-corrected chi connectivity index (χ0v) is 12.6. The molecule has 0 amide bonds. The minimum Gasteiger partial charge on any atom is -0.397 e. The number of fused-ring (bicyclic) bond motifs is 1. The van der Waals surface area contributed by atoms with Crippen molar-refractivity contribution >= 4 is 32.9 Å². The molecule has 1 fully saturated rings. The van der Waals surface area contributed by atoms with Gasteiger partial charge in [0.2, 0.25) is 0 Å². The Bertz CT molecular complexity index is 605. The first-order valence-electron chi connectivity index (χ1n) is 6.96. The molecular formula is C15H21N3S. The molecule has 3 rings (SSSR count). The summed E-state index contributed by atoms with van der Waals surface area (Å²) >= 11 is 1.71. The number of nitrogen functional groups attached to an aromatic ring is 1. The number of thiazole rings is 1. The third-order valence-corrected chi connectivity index (χ3v) is 5.25. The van der Waals surface area contributed by atoms with Gasteiger partial charge in [-0.1, -0.05) is 13.8 Å². The number of rotatable bonds is 1. The zero-order valence-electron chi connectivity index (χ0n) is 11.8. The fourth-order valence-electron chi connectivity index (χ4n) is 2.85. The van der Waals surface area contributed by atoms with Gasteiger partial charge in [-0.15, -0.1) is 11.3 Å². The Kier molecular flexibility index (Phi) is 3.13. The summed E-state index contributed by atoms with van der Waals surface area (Å²) in [6.07, 6.45) is 1.24. The fourth-order valence-corrected chi connectivity index (χ4v) is 3.71. The maximum absolute atomic E-state index is 6.24. The van der Waals surface area contributed by atoms with Crippen molar-refractivity contribution in [1.29, 1.82) is 0 Å². The van der Waals surface area contributed by atoms with Gasteiger partial charge in [0.15, 0.2) is 0 Å². The average molecular weight is 275 g/mol. The van der Waals surface area contributed by atoms with Gasteiger partial charge in [-0.05, 0) is 37.3 Å². The number of hydrogen-bond acceptors (Lipinski definition) is 4. The summed E-state index contributed by atoms with van der Waals surface area (Å²) in [5.74, 6) is 1.53. The van der Waals surface area contributed by atoms with Crippen LogP contribution in [-0.2, 0) is 0 Å². The molecule has 1 aliphatic rings. The van der Waals surface area contributed by atoms with E-state index in [4.69, 9.17) is 5.73 Å².